The highest BCUT2D eigenvalue weighted by Crippen LogP contribution is 2.15. The summed E-state index contributed by atoms with van der Waals surface area (Å²) in [5.74, 6) is 0.275. The second kappa shape index (κ2) is 3.63. The van der Waals surface area contributed by atoms with Crippen molar-refractivity contribution in [2.75, 3.05) is 5.73 Å². The van der Waals surface area contributed by atoms with Crippen LogP contribution in [0.25, 0.3) is 5.95 Å². The molecule has 0 saturated heterocycles. The molecule has 0 amide bonds. The molecule has 2 aromatic heterocycles. The highest BCUT2D eigenvalue weighted by molar-refractivity contribution is 6.31. The van der Waals surface area contributed by atoms with Crippen LogP contribution in [0.15, 0.2) is 6.20 Å². The minimum atomic E-state index is 0.0155. The van der Waals surface area contributed by atoms with Gasteiger partial charge >= 0.3 is 0 Å². The van der Waals surface area contributed by atoms with Crippen LogP contribution in [-0.4, -0.2) is 24.7 Å². The number of aromatic nitrogens is 5. The molecule has 2 heterocycles. The van der Waals surface area contributed by atoms with Crippen LogP contribution in [0.3, 0.4) is 0 Å². The predicted octanol–water partition coefficient (Wildman–Crippen LogP) is 1.25. The SMILES string of the molecule is Cc1nn(-c2nc(N)nc(Cl)n2)cc1Cl. The van der Waals surface area contributed by atoms with Gasteiger partial charge in [-0.25, -0.2) is 4.68 Å². The maximum atomic E-state index is 5.84. The van der Waals surface area contributed by atoms with Gasteiger partial charge in [-0.2, -0.15) is 20.1 Å². The zero-order valence-electron chi connectivity index (χ0n) is 7.65. The minimum Gasteiger partial charge on any atom is -0.368 e. The van der Waals surface area contributed by atoms with E-state index in [1.54, 1.807) is 13.1 Å². The molecule has 0 aliphatic heterocycles. The van der Waals surface area contributed by atoms with E-state index in [0.717, 1.165) is 0 Å². The highest BCUT2D eigenvalue weighted by atomic mass is 35.5. The average Bonchev–Trinajstić information content (AvgIpc) is 2.45. The Hall–Kier alpha value is -1.40. The van der Waals surface area contributed by atoms with E-state index in [-0.39, 0.29) is 17.2 Å². The van der Waals surface area contributed by atoms with Gasteiger partial charge in [-0.15, -0.1) is 0 Å². The topological polar surface area (TPSA) is 82.5 Å². The van der Waals surface area contributed by atoms with E-state index in [1.165, 1.54) is 4.68 Å². The zero-order valence-corrected chi connectivity index (χ0v) is 9.16. The normalized spacial score (nSPS) is 10.6. The van der Waals surface area contributed by atoms with Crippen LogP contribution < -0.4 is 5.73 Å². The van der Waals surface area contributed by atoms with Crippen molar-refractivity contribution >= 4 is 29.2 Å². The molecule has 0 saturated carbocycles. The Morgan fingerprint density at radius 3 is 2.53 bits per heavy atom. The van der Waals surface area contributed by atoms with Gasteiger partial charge in [0.05, 0.1) is 16.9 Å². The molecule has 0 aliphatic rings. The molecule has 6 nitrogen and oxygen atoms in total. The van der Waals surface area contributed by atoms with Crippen LogP contribution in [0.2, 0.25) is 10.3 Å². The average molecular weight is 245 g/mol. The molecule has 8 heteroatoms. The van der Waals surface area contributed by atoms with Crippen LogP contribution in [0.4, 0.5) is 5.95 Å². The van der Waals surface area contributed by atoms with Crippen molar-refractivity contribution < 1.29 is 0 Å². The number of halogens is 2. The molecule has 78 valence electrons. The van der Waals surface area contributed by atoms with Gasteiger partial charge in [0.2, 0.25) is 11.2 Å². The summed E-state index contributed by atoms with van der Waals surface area (Å²) < 4.78 is 1.39. The van der Waals surface area contributed by atoms with Crippen molar-refractivity contribution in [3.63, 3.8) is 0 Å². The number of nitrogens with two attached hydrogens (primary N) is 1. The van der Waals surface area contributed by atoms with E-state index in [2.05, 4.69) is 20.1 Å². The Balaban J connectivity index is 2.53. The molecule has 0 atom stereocenters. The quantitative estimate of drug-likeness (QED) is 0.817. The highest BCUT2D eigenvalue weighted by Gasteiger charge is 2.08. The lowest BCUT2D eigenvalue weighted by Gasteiger charge is -1.99. The first-order valence-electron chi connectivity index (χ1n) is 3.95. The number of anilines is 1. The molecule has 0 unspecified atom stereocenters. The first kappa shape index (κ1) is 10.1. The van der Waals surface area contributed by atoms with Gasteiger partial charge in [-0.05, 0) is 18.5 Å². The molecule has 0 aromatic carbocycles. The standard InChI is InChI=1S/C7H6Cl2N6/c1-3-4(8)2-15(14-3)7-12-5(9)11-6(10)13-7/h2H,1H3,(H2,10,11,12,13). The lowest BCUT2D eigenvalue weighted by Crippen LogP contribution is -2.06. The maximum Gasteiger partial charge on any atom is 0.256 e. The summed E-state index contributed by atoms with van der Waals surface area (Å²) in [7, 11) is 0. The summed E-state index contributed by atoms with van der Waals surface area (Å²) in [4.78, 5) is 11.4. The van der Waals surface area contributed by atoms with Crippen molar-refractivity contribution in [3.05, 3.63) is 22.2 Å². The smallest absolute Gasteiger partial charge is 0.256 e. The fourth-order valence-corrected chi connectivity index (χ4v) is 1.29. The van der Waals surface area contributed by atoms with Gasteiger partial charge in [0, 0.05) is 0 Å². The lowest BCUT2D eigenvalue weighted by atomic mass is 10.5. The fourth-order valence-electron chi connectivity index (χ4n) is 0.998. The number of nitrogens with zero attached hydrogens (tertiary/aromatic N) is 5. The van der Waals surface area contributed by atoms with Crippen molar-refractivity contribution in [1.82, 2.24) is 24.7 Å². The molecular formula is C7H6Cl2N6. The number of hydrogen-bond acceptors (Lipinski definition) is 5. The van der Waals surface area contributed by atoms with E-state index in [1.807, 2.05) is 0 Å². The minimum absolute atomic E-state index is 0.0155. The van der Waals surface area contributed by atoms with Crippen molar-refractivity contribution in [2.24, 2.45) is 0 Å². The van der Waals surface area contributed by atoms with Gasteiger partial charge in [0.25, 0.3) is 5.95 Å². The van der Waals surface area contributed by atoms with Crippen LogP contribution in [-0.2, 0) is 0 Å². The summed E-state index contributed by atoms with van der Waals surface area (Å²) in [6.45, 7) is 1.77. The van der Waals surface area contributed by atoms with E-state index in [9.17, 15) is 0 Å². The van der Waals surface area contributed by atoms with Crippen molar-refractivity contribution in [1.29, 1.82) is 0 Å². The van der Waals surface area contributed by atoms with E-state index in [4.69, 9.17) is 28.9 Å². The molecule has 0 fully saturated rings. The van der Waals surface area contributed by atoms with Gasteiger partial charge in [0.15, 0.2) is 0 Å². The summed E-state index contributed by atoms with van der Waals surface area (Å²) in [6, 6.07) is 0. The second-order valence-electron chi connectivity index (χ2n) is 2.77. The third-order valence-electron chi connectivity index (χ3n) is 1.66. The van der Waals surface area contributed by atoms with Gasteiger partial charge in [-0.1, -0.05) is 11.6 Å². The molecule has 2 aromatic rings. The van der Waals surface area contributed by atoms with Crippen molar-refractivity contribution in [2.45, 2.75) is 6.92 Å². The number of rotatable bonds is 1. The van der Waals surface area contributed by atoms with Gasteiger partial charge < -0.3 is 5.73 Å². The number of hydrogen-bond donors (Lipinski definition) is 1. The maximum absolute atomic E-state index is 5.84. The largest absolute Gasteiger partial charge is 0.368 e. The Morgan fingerprint density at radius 1 is 1.27 bits per heavy atom. The molecule has 0 aliphatic carbocycles. The lowest BCUT2D eigenvalue weighted by molar-refractivity contribution is 0.788. The third kappa shape index (κ3) is 2.00. The van der Waals surface area contributed by atoms with Crippen LogP contribution in [0.5, 0.6) is 0 Å². The van der Waals surface area contributed by atoms with E-state index < -0.39 is 0 Å². The Kier molecular flexibility index (Phi) is 2.45. The molecule has 0 bridgehead atoms. The summed E-state index contributed by atoms with van der Waals surface area (Å²) in [6.07, 6.45) is 1.57. The van der Waals surface area contributed by atoms with Crippen molar-refractivity contribution in [3.8, 4) is 5.95 Å². The first-order chi connectivity index (χ1) is 7.06. The molecule has 2 rings (SSSR count). The Labute approximate surface area is 95.1 Å². The summed E-state index contributed by atoms with van der Waals surface area (Å²) in [5, 5.41) is 4.61. The molecule has 0 spiro atoms. The molecule has 0 radical (unpaired) electrons. The summed E-state index contributed by atoms with van der Waals surface area (Å²) in [5.41, 5.74) is 6.09. The van der Waals surface area contributed by atoms with Crippen LogP contribution in [0, 0.1) is 6.92 Å². The first-order valence-corrected chi connectivity index (χ1v) is 4.71. The van der Waals surface area contributed by atoms with Crippen LogP contribution in [0.1, 0.15) is 5.69 Å². The van der Waals surface area contributed by atoms with E-state index >= 15 is 0 Å². The molecule has 2 N–H and O–H groups in total. The zero-order chi connectivity index (χ0) is 11.0. The Bertz CT molecular complexity index is 468. The fraction of sp³-hybridized carbons (Fsp3) is 0.143. The molecule has 15 heavy (non-hydrogen) atoms. The molecular weight excluding hydrogens is 239 g/mol. The third-order valence-corrected chi connectivity index (χ3v) is 2.20. The van der Waals surface area contributed by atoms with E-state index in [0.29, 0.717) is 10.7 Å². The Morgan fingerprint density at radius 2 is 2.00 bits per heavy atom. The number of aryl methyl sites for hydroxylation is 1. The van der Waals surface area contributed by atoms with Crippen LogP contribution >= 0.6 is 23.2 Å². The summed E-state index contributed by atoms with van der Waals surface area (Å²) >= 11 is 11.5. The van der Waals surface area contributed by atoms with Gasteiger partial charge in [-0.3, -0.25) is 0 Å². The van der Waals surface area contributed by atoms with Gasteiger partial charge in [0.1, 0.15) is 0 Å². The monoisotopic (exact) mass is 244 g/mol. The number of nitrogen functional groups attached to an aromatic ring is 1. The predicted molar refractivity (Wildman–Crippen MR) is 56.1 cm³/mol. The second-order valence-corrected chi connectivity index (χ2v) is 3.51.